The van der Waals surface area contributed by atoms with E-state index in [1.165, 1.54) is 12.1 Å². The quantitative estimate of drug-likeness (QED) is 0.648. The molecule has 0 radical (unpaired) electrons. The number of cyclic esters (lactones) is 1. The highest BCUT2D eigenvalue weighted by Gasteiger charge is 2.30. The van der Waals surface area contributed by atoms with Crippen molar-refractivity contribution in [3.8, 4) is 0 Å². The lowest BCUT2D eigenvalue weighted by Gasteiger charge is -2.14. The minimum atomic E-state index is -0.855. The third kappa shape index (κ3) is 3.83. The highest BCUT2D eigenvalue weighted by atomic mass is 35.5. The molecule has 3 rings (SSSR count). The average molecular weight is 378 g/mol. The van der Waals surface area contributed by atoms with E-state index in [-0.39, 0.29) is 23.5 Å². The van der Waals surface area contributed by atoms with Crippen molar-refractivity contribution >= 4 is 46.5 Å². The molecule has 7 heteroatoms. The second-order valence-electron chi connectivity index (χ2n) is 5.51. The number of rotatable bonds is 4. The van der Waals surface area contributed by atoms with Crippen molar-refractivity contribution in [3.05, 3.63) is 63.6 Å². The first kappa shape index (κ1) is 17.5. The number of anilines is 1. The fraction of sp³-hybridized carbons (Fsp3) is 0.167. The molecule has 2 aromatic rings. The molecule has 0 aromatic heterocycles. The molecule has 1 unspecified atom stereocenters. The van der Waals surface area contributed by atoms with Gasteiger partial charge in [-0.05, 0) is 30.3 Å². The maximum Gasteiger partial charge on any atom is 0.306 e. The first-order valence-electron chi connectivity index (χ1n) is 7.55. The summed E-state index contributed by atoms with van der Waals surface area (Å²) >= 11 is 12.1. The van der Waals surface area contributed by atoms with Crippen LogP contribution in [0.15, 0.2) is 42.5 Å². The first-order chi connectivity index (χ1) is 12.0. The summed E-state index contributed by atoms with van der Waals surface area (Å²) in [6.07, 6.45) is -0.345. The number of halogens is 2. The van der Waals surface area contributed by atoms with Crippen LogP contribution in [-0.4, -0.2) is 23.8 Å². The van der Waals surface area contributed by atoms with Crippen LogP contribution in [0.4, 0.5) is 5.69 Å². The first-order valence-corrected chi connectivity index (χ1v) is 8.30. The average Bonchev–Trinajstić information content (AvgIpc) is 3.03. The molecular weight excluding hydrogens is 365 g/mol. The molecule has 1 amide bonds. The van der Waals surface area contributed by atoms with E-state index in [9.17, 15) is 14.4 Å². The van der Waals surface area contributed by atoms with Gasteiger partial charge >= 0.3 is 5.97 Å². The maximum atomic E-state index is 12.8. The van der Waals surface area contributed by atoms with Gasteiger partial charge in [0.2, 0.25) is 0 Å². The number of hydrogen-bond donors (Lipinski definition) is 1. The molecule has 0 bridgehead atoms. The molecule has 0 aliphatic carbocycles. The summed E-state index contributed by atoms with van der Waals surface area (Å²) in [4.78, 5) is 36.2. The molecular formula is C18H13Cl2NO4. The van der Waals surface area contributed by atoms with E-state index in [1.54, 1.807) is 30.3 Å². The Bertz CT molecular complexity index is 866. The van der Waals surface area contributed by atoms with Gasteiger partial charge in [-0.3, -0.25) is 14.4 Å². The van der Waals surface area contributed by atoms with Gasteiger partial charge in [-0.1, -0.05) is 35.3 Å². The van der Waals surface area contributed by atoms with E-state index in [1.807, 2.05) is 0 Å². The summed E-state index contributed by atoms with van der Waals surface area (Å²) in [6, 6.07) is 11.2. The van der Waals surface area contributed by atoms with E-state index >= 15 is 0 Å². The second-order valence-corrected chi connectivity index (χ2v) is 6.35. The normalized spacial score (nSPS) is 16.4. The molecule has 1 heterocycles. The number of amides is 1. The Hall–Kier alpha value is -2.37. The smallest absolute Gasteiger partial charge is 0.306 e. The largest absolute Gasteiger partial charge is 0.452 e. The summed E-state index contributed by atoms with van der Waals surface area (Å²) in [5.41, 5.74) is 0.787. The predicted octanol–water partition coefficient (Wildman–Crippen LogP) is 3.87. The summed E-state index contributed by atoms with van der Waals surface area (Å²) in [5.74, 6) is -1.27. The van der Waals surface area contributed by atoms with Crippen LogP contribution in [0, 0.1) is 0 Å². The van der Waals surface area contributed by atoms with Crippen LogP contribution in [0.1, 0.15) is 28.8 Å². The molecule has 1 fully saturated rings. The Morgan fingerprint density at radius 2 is 1.84 bits per heavy atom. The van der Waals surface area contributed by atoms with Crippen molar-refractivity contribution in [2.24, 2.45) is 0 Å². The standard InChI is InChI=1S/C18H13Cl2NO4/c19-10-5-6-14(21-18(24)15-7-8-16(22)25-15)12(9-10)17(23)11-3-1-2-4-13(11)20/h1-6,9,15H,7-8H2,(H,21,24). The van der Waals surface area contributed by atoms with Gasteiger partial charge in [0.05, 0.1) is 10.7 Å². The van der Waals surface area contributed by atoms with Crippen LogP contribution in [0.2, 0.25) is 10.0 Å². The minimum absolute atomic E-state index is 0.199. The van der Waals surface area contributed by atoms with Gasteiger partial charge in [0.25, 0.3) is 5.91 Å². The van der Waals surface area contributed by atoms with E-state index in [2.05, 4.69) is 5.32 Å². The Labute approximate surface area is 153 Å². The number of ether oxygens (including phenoxy) is 1. The Kier molecular flexibility index (Phi) is 5.06. The molecule has 1 aliphatic rings. The number of hydrogen-bond acceptors (Lipinski definition) is 4. The van der Waals surface area contributed by atoms with Crippen LogP contribution in [-0.2, 0) is 14.3 Å². The van der Waals surface area contributed by atoms with Crippen molar-refractivity contribution in [1.29, 1.82) is 0 Å². The molecule has 0 saturated carbocycles. The lowest BCUT2D eigenvalue weighted by molar-refractivity contribution is -0.146. The summed E-state index contributed by atoms with van der Waals surface area (Å²) in [6.45, 7) is 0. The maximum absolute atomic E-state index is 12.8. The monoisotopic (exact) mass is 377 g/mol. The summed E-state index contributed by atoms with van der Waals surface area (Å²) in [7, 11) is 0. The number of benzene rings is 2. The Morgan fingerprint density at radius 1 is 1.08 bits per heavy atom. The van der Waals surface area contributed by atoms with Crippen molar-refractivity contribution in [3.63, 3.8) is 0 Å². The minimum Gasteiger partial charge on any atom is -0.452 e. The number of esters is 1. The highest BCUT2D eigenvalue weighted by molar-refractivity contribution is 6.36. The number of carbonyl (C=O) groups excluding carboxylic acids is 3. The lowest BCUT2D eigenvalue weighted by atomic mass is 10.0. The highest BCUT2D eigenvalue weighted by Crippen LogP contribution is 2.27. The SMILES string of the molecule is O=C1CCC(C(=O)Nc2ccc(Cl)cc2C(=O)c2ccccc2Cl)O1. The van der Waals surface area contributed by atoms with Gasteiger partial charge in [0.1, 0.15) is 0 Å². The lowest BCUT2D eigenvalue weighted by Crippen LogP contribution is -2.28. The van der Waals surface area contributed by atoms with Gasteiger partial charge in [-0.15, -0.1) is 0 Å². The topological polar surface area (TPSA) is 72.5 Å². The van der Waals surface area contributed by atoms with Gasteiger partial charge in [0.15, 0.2) is 11.9 Å². The second kappa shape index (κ2) is 7.25. The molecule has 128 valence electrons. The Balaban J connectivity index is 1.91. The van der Waals surface area contributed by atoms with Gasteiger partial charge < -0.3 is 10.1 Å². The summed E-state index contributed by atoms with van der Waals surface area (Å²) < 4.78 is 4.94. The number of nitrogens with one attached hydrogen (secondary N) is 1. The van der Waals surface area contributed by atoms with E-state index < -0.39 is 18.0 Å². The zero-order chi connectivity index (χ0) is 18.0. The van der Waals surface area contributed by atoms with Gasteiger partial charge in [-0.2, -0.15) is 0 Å². The Morgan fingerprint density at radius 3 is 2.52 bits per heavy atom. The predicted molar refractivity (Wildman–Crippen MR) is 94.1 cm³/mol. The van der Waals surface area contributed by atoms with Crippen LogP contribution >= 0.6 is 23.2 Å². The van der Waals surface area contributed by atoms with Crippen LogP contribution in [0.3, 0.4) is 0 Å². The van der Waals surface area contributed by atoms with Crippen molar-refractivity contribution in [2.45, 2.75) is 18.9 Å². The molecule has 1 saturated heterocycles. The fourth-order valence-corrected chi connectivity index (χ4v) is 2.92. The zero-order valence-electron chi connectivity index (χ0n) is 12.9. The summed E-state index contributed by atoms with van der Waals surface area (Å²) in [5, 5.41) is 3.28. The van der Waals surface area contributed by atoms with Crippen LogP contribution in [0.5, 0.6) is 0 Å². The third-order valence-electron chi connectivity index (χ3n) is 3.78. The molecule has 1 atom stereocenters. The third-order valence-corrected chi connectivity index (χ3v) is 4.34. The van der Waals surface area contributed by atoms with Crippen LogP contribution < -0.4 is 5.32 Å². The van der Waals surface area contributed by atoms with E-state index in [0.29, 0.717) is 22.0 Å². The van der Waals surface area contributed by atoms with Gasteiger partial charge in [-0.25, -0.2) is 0 Å². The van der Waals surface area contributed by atoms with Crippen molar-refractivity contribution < 1.29 is 19.1 Å². The van der Waals surface area contributed by atoms with E-state index in [4.69, 9.17) is 27.9 Å². The molecule has 2 aromatic carbocycles. The molecule has 1 N–H and O–H groups in total. The molecule has 0 spiro atoms. The fourth-order valence-electron chi connectivity index (χ4n) is 2.53. The molecule has 1 aliphatic heterocycles. The van der Waals surface area contributed by atoms with Crippen LogP contribution in [0.25, 0.3) is 0 Å². The molecule has 25 heavy (non-hydrogen) atoms. The van der Waals surface area contributed by atoms with Crippen molar-refractivity contribution in [1.82, 2.24) is 0 Å². The van der Waals surface area contributed by atoms with Gasteiger partial charge in [0, 0.05) is 29.0 Å². The number of carbonyl (C=O) groups is 3. The molecule has 5 nitrogen and oxygen atoms in total. The van der Waals surface area contributed by atoms with E-state index in [0.717, 1.165) is 0 Å². The van der Waals surface area contributed by atoms with Crippen molar-refractivity contribution in [2.75, 3.05) is 5.32 Å². The number of ketones is 1. The zero-order valence-corrected chi connectivity index (χ0v) is 14.4.